The number of fused-ring (bicyclic) bond motifs is 1. The summed E-state index contributed by atoms with van der Waals surface area (Å²) in [6, 6.07) is 0.437. The van der Waals surface area contributed by atoms with Gasteiger partial charge in [-0.1, -0.05) is 6.92 Å². The first kappa shape index (κ1) is 15.9. The molecule has 21 heavy (non-hydrogen) atoms. The van der Waals surface area contributed by atoms with E-state index < -0.39 is 0 Å². The van der Waals surface area contributed by atoms with Gasteiger partial charge in [-0.2, -0.15) is 11.8 Å². The van der Waals surface area contributed by atoms with Gasteiger partial charge in [0.15, 0.2) is 11.5 Å². The molecule has 116 valence electrons. The number of nitrogens with one attached hydrogen (secondary N) is 1. The van der Waals surface area contributed by atoms with Gasteiger partial charge >= 0.3 is 0 Å². The summed E-state index contributed by atoms with van der Waals surface area (Å²) in [6.07, 6.45) is 10.2. The minimum absolute atomic E-state index is 0.437. The normalized spacial score (nSPS) is 12.6. The van der Waals surface area contributed by atoms with Gasteiger partial charge < -0.3 is 14.6 Å². The lowest BCUT2D eigenvalue weighted by Crippen LogP contribution is -2.30. The zero-order valence-corrected chi connectivity index (χ0v) is 14.2. The van der Waals surface area contributed by atoms with Crippen LogP contribution in [0.3, 0.4) is 0 Å². The maximum atomic E-state index is 4.76. The Hall–Kier alpha value is -1.43. The number of hydrogen-bond acceptors (Lipinski definition) is 5. The van der Waals surface area contributed by atoms with Crippen LogP contribution >= 0.6 is 11.8 Å². The lowest BCUT2D eigenvalue weighted by molar-refractivity contribution is 0.662. The summed E-state index contributed by atoms with van der Waals surface area (Å²) in [6.45, 7) is 5.32. The molecule has 0 aliphatic rings. The van der Waals surface area contributed by atoms with Crippen molar-refractivity contribution in [3.05, 3.63) is 18.6 Å². The molecule has 2 aromatic rings. The quantitative estimate of drug-likeness (QED) is 0.812. The van der Waals surface area contributed by atoms with E-state index in [2.05, 4.69) is 42.4 Å². The fourth-order valence-electron chi connectivity index (χ4n) is 2.18. The van der Waals surface area contributed by atoms with E-state index in [9.17, 15) is 0 Å². The molecule has 0 saturated carbocycles. The average molecular weight is 307 g/mol. The molecule has 0 amide bonds. The van der Waals surface area contributed by atoms with Gasteiger partial charge in [0.2, 0.25) is 0 Å². The summed E-state index contributed by atoms with van der Waals surface area (Å²) >= 11 is 1.88. The molecular weight excluding hydrogens is 282 g/mol. The van der Waals surface area contributed by atoms with Crippen LogP contribution in [-0.4, -0.2) is 46.0 Å². The Morgan fingerprint density at radius 1 is 1.48 bits per heavy atom. The predicted molar refractivity (Wildman–Crippen MR) is 92.6 cm³/mol. The maximum absolute atomic E-state index is 4.76. The van der Waals surface area contributed by atoms with Gasteiger partial charge in [0.25, 0.3) is 0 Å². The SMILES string of the molecule is CCCNc1cn2ccnc2c(N(C)C(C)CCSC)n1. The van der Waals surface area contributed by atoms with E-state index in [1.807, 2.05) is 34.8 Å². The summed E-state index contributed by atoms with van der Waals surface area (Å²) in [5, 5.41) is 3.36. The summed E-state index contributed by atoms with van der Waals surface area (Å²) < 4.78 is 2.04. The number of thioether (sulfide) groups is 1. The molecule has 0 saturated heterocycles. The first-order valence-electron chi connectivity index (χ1n) is 7.46. The molecule has 2 heterocycles. The van der Waals surface area contributed by atoms with Crippen molar-refractivity contribution in [1.29, 1.82) is 0 Å². The number of anilines is 2. The standard InChI is InChI=1S/C15H25N5S/c1-5-7-16-13-11-20-9-8-17-14(20)15(18-13)19(3)12(2)6-10-21-4/h8-9,11-12,16H,5-7,10H2,1-4H3. The van der Waals surface area contributed by atoms with Crippen LogP contribution in [0.2, 0.25) is 0 Å². The van der Waals surface area contributed by atoms with E-state index in [0.717, 1.165) is 42.4 Å². The van der Waals surface area contributed by atoms with Crippen LogP contribution in [0.4, 0.5) is 11.6 Å². The van der Waals surface area contributed by atoms with E-state index in [1.165, 1.54) is 0 Å². The van der Waals surface area contributed by atoms with Gasteiger partial charge in [-0.3, -0.25) is 0 Å². The fourth-order valence-corrected chi connectivity index (χ4v) is 2.76. The molecule has 0 bridgehead atoms. The number of imidazole rings is 1. The molecule has 1 unspecified atom stereocenters. The van der Waals surface area contributed by atoms with Gasteiger partial charge in [0.1, 0.15) is 5.82 Å². The van der Waals surface area contributed by atoms with E-state index in [1.54, 1.807) is 0 Å². The Bertz CT molecular complexity index is 568. The number of nitrogens with zero attached hydrogens (tertiary/aromatic N) is 4. The van der Waals surface area contributed by atoms with E-state index in [0.29, 0.717) is 6.04 Å². The summed E-state index contributed by atoms with van der Waals surface area (Å²) in [5.41, 5.74) is 0.913. The van der Waals surface area contributed by atoms with Crippen LogP contribution in [0.5, 0.6) is 0 Å². The van der Waals surface area contributed by atoms with Crippen LogP contribution in [0.15, 0.2) is 18.6 Å². The summed E-state index contributed by atoms with van der Waals surface area (Å²) in [4.78, 5) is 11.4. The first-order chi connectivity index (χ1) is 10.2. The third kappa shape index (κ3) is 3.81. The monoisotopic (exact) mass is 307 g/mol. The van der Waals surface area contributed by atoms with E-state index in [-0.39, 0.29) is 0 Å². The highest BCUT2D eigenvalue weighted by Gasteiger charge is 2.16. The van der Waals surface area contributed by atoms with Crippen molar-refractivity contribution in [2.75, 3.05) is 35.8 Å². The van der Waals surface area contributed by atoms with E-state index in [4.69, 9.17) is 4.98 Å². The third-order valence-electron chi connectivity index (χ3n) is 3.65. The Morgan fingerprint density at radius 3 is 3.00 bits per heavy atom. The highest BCUT2D eigenvalue weighted by atomic mass is 32.2. The van der Waals surface area contributed by atoms with Crippen molar-refractivity contribution in [2.24, 2.45) is 0 Å². The molecule has 0 radical (unpaired) electrons. The second-order valence-corrected chi connectivity index (χ2v) is 6.26. The molecular formula is C15H25N5S. The smallest absolute Gasteiger partial charge is 0.180 e. The van der Waals surface area contributed by atoms with Crippen LogP contribution in [0, 0.1) is 0 Å². The zero-order valence-electron chi connectivity index (χ0n) is 13.3. The van der Waals surface area contributed by atoms with Crippen molar-refractivity contribution in [2.45, 2.75) is 32.7 Å². The lowest BCUT2D eigenvalue weighted by Gasteiger charge is -2.26. The van der Waals surface area contributed by atoms with Gasteiger partial charge in [0, 0.05) is 32.0 Å². The Kier molecular flexibility index (Phi) is 5.73. The van der Waals surface area contributed by atoms with Crippen molar-refractivity contribution >= 4 is 29.0 Å². The molecule has 0 aromatic carbocycles. The van der Waals surface area contributed by atoms with Gasteiger partial charge in [-0.25, -0.2) is 9.97 Å². The van der Waals surface area contributed by atoms with Crippen molar-refractivity contribution in [3.63, 3.8) is 0 Å². The van der Waals surface area contributed by atoms with Crippen molar-refractivity contribution in [3.8, 4) is 0 Å². The molecule has 0 fully saturated rings. The minimum Gasteiger partial charge on any atom is -0.369 e. The number of rotatable bonds is 8. The molecule has 0 aliphatic heterocycles. The second-order valence-electron chi connectivity index (χ2n) is 5.28. The fraction of sp³-hybridized carbons (Fsp3) is 0.600. The minimum atomic E-state index is 0.437. The van der Waals surface area contributed by atoms with Crippen molar-refractivity contribution in [1.82, 2.24) is 14.4 Å². The Balaban J connectivity index is 2.29. The molecule has 5 nitrogen and oxygen atoms in total. The van der Waals surface area contributed by atoms with Gasteiger partial charge in [-0.15, -0.1) is 0 Å². The van der Waals surface area contributed by atoms with Crippen LogP contribution in [0.25, 0.3) is 5.65 Å². The first-order valence-corrected chi connectivity index (χ1v) is 8.86. The third-order valence-corrected chi connectivity index (χ3v) is 4.29. The highest BCUT2D eigenvalue weighted by molar-refractivity contribution is 7.98. The van der Waals surface area contributed by atoms with Gasteiger partial charge in [0.05, 0.1) is 6.20 Å². The highest BCUT2D eigenvalue weighted by Crippen LogP contribution is 2.22. The van der Waals surface area contributed by atoms with Crippen LogP contribution in [-0.2, 0) is 0 Å². The molecule has 0 spiro atoms. The molecule has 6 heteroatoms. The lowest BCUT2D eigenvalue weighted by atomic mass is 10.2. The van der Waals surface area contributed by atoms with Crippen LogP contribution in [0.1, 0.15) is 26.7 Å². The van der Waals surface area contributed by atoms with Gasteiger partial charge in [-0.05, 0) is 31.8 Å². The second kappa shape index (κ2) is 7.54. The largest absolute Gasteiger partial charge is 0.369 e. The number of aromatic nitrogens is 3. The Morgan fingerprint density at radius 2 is 2.29 bits per heavy atom. The Labute approximate surface area is 131 Å². The summed E-state index contributed by atoms with van der Waals surface area (Å²) in [5.74, 6) is 3.00. The molecule has 1 atom stereocenters. The number of hydrogen-bond donors (Lipinski definition) is 1. The topological polar surface area (TPSA) is 45.5 Å². The zero-order chi connectivity index (χ0) is 15.2. The van der Waals surface area contributed by atoms with Crippen LogP contribution < -0.4 is 10.2 Å². The van der Waals surface area contributed by atoms with Crippen molar-refractivity contribution < 1.29 is 0 Å². The van der Waals surface area contributed by atoms with E-state index >= 15 is 0 Å². The molecule has 2 rings (SSSR count). The predicted octanol–water partition coefficient (Wildman–Crippen LogP) is 3.13. The summed E-state index contributed by atoms with van der Waals surface area (Å²) in [7, 11) is 2.10. The maximum Gasteiger partial charge on any atom is 0.180 e. The molecule has 1 N–H and O–H groups in total. The molecule has 2 aromatic heterocycles. The average Bonchev–Trinajstić information content (AvgIpc) is 2.97. The molecule has 0 aliphatic carbocycles.